The van der Waals surface area contributed by atoms with E-state index in [4.69, 9.17) is 4.42 Å². The van der Waals surface area contributed by atoms with Crippen LogP contribution in [0, 0.1) is 5.92 Å². The third-order valence-electron chi connectivity index (χ3n) is 6.28. The Bertz CT molecular complexity index is 817. The molecule has 0 aliphatic heterocycles. The van der Waals surface area contributed by atoms with Crippen LogP contribution in [0.3, 0.4) is 0 Å². The summed E-state index contributed by atoms with van der Waals surface area (Å²) in [6.07, 6.45) is 12.4. The highest BCUT2D eigenvalue weighted by Gasteiger charge is 2.30. The van der Waals surface area contributed by atoms with E-state index >= 15 is 0 Å². The van der Waals surface area contributed by atoms with Gasteiger partial charge in [0.15, 0.2) is 0 Å². The molecule has 4 heteroatoms. The molecule has 0 radical (unpaired) electrons. The van der Waals surface area contributed by atoms with Gasteiger partial charge in [-0.1, -0.05) is 75.3 Å². The molecule has 28 heavy (non-hydrogen) atoms. The maximum atomic E-state index is 13.0. The van der Waals surface area contributed by atoms with Crippen molar-refractivity contribution in [1.82, 2.24) is 0 Å². The summed E-state index contributed by atoms with van der Waals surface area (Å²) in [4.78, 5) is 13.0. The van der Waals surface area contributed by atoms with Crippen LogP contribution in [0.4, 0.5) is 0 Å². The second-order valence-corrected chi connectivity index (χ2v) is 9.84. The zero-order chi connectivity index (χ0) is 19.3. The van der Waals surface area contributed by atoms with Crippen LogP contribution in [0.1, 0.15) is 75.0 Å². The van der Waals surface area contributed by atoms with Gasteiger partial charge in [0.05, 0.1) is 5.56 Å². The maximum Gasteiger partial charge on any atom is 0.344 e. The van der Waals surface area contributed by atoms with Gasteiger partial charge in [-0.05, 0) is 25.2 Å². The van der Waals surface area contributed by atoms with Gasteiger partial charge in [0.1, 0.15) is 11.5 Å². The van der Waals surface area contributed by atoms with Crippen LogP contribution in [0.15, 0.2) is 45.6 Å². The molecule has 0 bridgehead atoms. The Balaban J connectivity index is 1.63. The summed E-state index contributed by atoms with van der Waals surface area (Å²) in [7, 11) is 0. The maximum absolute atomic E-state index is 13.0. The van der Waals surface area contributed by atoms with E-state index in [1.54, 1.807) is 6.07 Å². The molecule has 4 rings (SSSR count). The van der Waals surface area contributed by atoms with E-state index in [0.29, 0.717) is 22.5 Å². The van der Waals surface area contributed by atoms with Crippen molar-refractivity contribution in [3.8, 4) is 17.1 Å². The minimum Gasteiger partial charge on any atom is -0.507 e. The van der Waals surface area contributed by atoms with Crippen molar-refractivity contribution in [2.45, 2.75) is 74.7 Å². The second-order valence-electron chi connectivity index (χ2n) is 8.33. The number of hydrogen-bond donors (Lipinski definition) is 1. The van der Waals surface area contributed by atoms with Crippen molar-refractivity contribution in [2.75, 3.05) is 0 Å². The Morgan fingerprint density at radius 2 is 1.68 bits per heavy atom. The molecule has 0 saturated heterocycles. The van der Waals surface area contributed by atoms with Crippen molar-refractivity contribution in [1.29, 1.82) is 0 Å². The molecule has 1 atom stereocenters. The minimum absolute atomic E-state index is 0.0345. The van der Waals surface area contributed by atoms with Crippen LogP contribution in [0.5, 0.6) is 5.75 Å². The zero-order valence-corrected chi connectivity index (χ0v) is 17.3. The first kappa shape index (κ1) is 19.6. The lowest BCUT2D eigenvalue weighted by Crippen LogP contribution is -2.18. The van der Waals surface area contributed by atoms with E-state index < -0.39 is 0 Å². The van der Waals surface area contributed by atoms with E-state index in [2.05, 4.69) is 0 Å². The number of aromatic hydroxyl groups is 1. The van der Waals surface area contributed by atoms with Gasteiger partial charge in [-0.2, -0.15) is 0 Å². The molecule has 2 saturated carbocycles. The topological polar surface area (TPSA) is 50.4 Å². The van der Waals surface area contributed by atoms with Crippen LogP contribution in [-0.4, -0.2) is 10.4 Å². The van der Waals surface area contributed by atoms with Gasteiger partial charge in [0, 0.05) is 22.1 Å². The molecule has 2 aliphatic carbocycles. The van der Waals surface area contributed by atoms with Crippen LogP contribution in [-0.2, 0) is 0 Å². The van der Waals surface area contributed by atoms with E-state index in [-0.39, 0.29) is 16.6 Å². The van der Waals surface area contributed by atoms with Gasteiger partial charge in [0.25, 0.3) is 0 Å². The van der Waals surface area contributed by atoms with Crippen molar-refractivity contribution >= 4 is 11.8 Å². The lowest BCUT2D eigenvalue weighted by Gasteiger charge is -2.28. The highest BCUT2D eigenvalue weighted by molar-refractivity contribution is 8.00. The Morgan fingerprint density at radius 1 is 1.00 bits per heavy atom. The molecule has 1 aromatic carbocycles. The normalized spacial score (nSPS) is 19.7. The summed E-state index contributed by atoms with van der Waals surface area (Å²) in [5.74, 6) is 1.20. The number of rotatable bonds is 6. The lowest BCUT2D eigenvalue weighted by atomic mass is 9.97. The molecule has 150 valence electrons. The standard InChI is InChI=1S/C24H30O3S/c25-20-16-21(18-11-3-1-4-12-18)27-24(26)23(20)22(15-17-9-7-8-10-17)28-19-13-5-2-6-14-19/h1,3-4,11-12,16-17,19,22,25H,2,5-10,13-15H2/t22-/m0/s1. The average molecular weight is 399 g/mol. The summed E-state index contributed by atoms with van der Waals surface area (Å²) in [6, 6.07) is 11.2. The summed E-state index contributed by atoms with van der Waals surface area (Å²) < 4.78 is 5.68. The van der Waals surface area contributed by atoms with E-state index in [1.807, 2.05) is 42.1 Å². The van der Waals surface area contributed by atoms with Crippen LogP contribution in [0.2, 0.25) is 0 Å². The van der Waals surface area contributed by atoms with Crippen LogP contribution >= 0.6 is 11.8 Å². The summed E-state index contributed by atoms with van der Waals surface area (Å²) in [5, 5.41) is 11.5. The van der Waals surface area contributed by atoms with E-state index in [9.17, 15) is 9.90 Å². The molecule has 0 unspecified atom stereocenters. The molecule has 3 nitrogen and oxygen atoms in total. The number of thioether (sulfide) groups is 1. The molecule has 2 aliphatic rings. The molecule has 0 spiro atoms. The molecular formula is C24H30O3S. The molecule has 0 amide bonds. The van der Waals surface area contributed by atoms with Crippen LogP contribution < -0.4 is 5.63 Å². The largest absolute Gasteiger partial charge is 0.507 e. The fourth-order valence-corrected chi connectivity index (χ4v) is 6.56. The Kier molecular flexibility index (Phi) is 6.46. The third kappa shape index (κ3) is 4.65. The van der Waals surface area contributed by atoms with E-state index in [0.717, 1.165) is 12.0 Å². The SMILES string of the molecule is O=c1oc(-c2ccccc2)cc(O)c1[C@H](CC1CCCC1)SC1CCCCC1. The molecule has 1 aromatic heterocycles. The Labute approximate surface area is 171 Å². The van der Waals surface area contributed by atoms with Crippen molar-refractivity contribution < 1.29 is 9.52 Å². The quantitative estimate of drug-likeness (QED) is 0.588. The minimum atomic E-state index is -0.370. The fraction of sp³-hybridized carbons (Fsp3) is 0.542. The lowest BCUT2D eigenvalue weighted by molar-refractivity contribution is 0.425. The highest BCUT2D eigenvalue weighted by atomic mass is 32.2. The summed E-state index contributed by atoms with van der Waals surface area (Å²) in [6.45, 7) is 0. The first-order chi connectivity index (χ1) is 13.7. The van der Waals surface area contributed by atoms with Gasteiger partial charge < -0.3 is 9.52 Å². The smallest absolute Gasteiger partial charge is 0.344 e. The Hall–Kier alpha value is -1.68. The van der Waals surface area contributed by atoms with E-state index in [1.165, 1.54) is 57.8 Å². The fourth-order valence-electron chi connectivity index (χ4n) is 4.76. The van der Waals surface area contributed by atoms with Crippen molar-refractivity contribution in [3.63, 3.8) is 0 Å². The number of hydrogen-bond acceptors (Lipinski definition) is 4. The number of benzene rings is 1. The van der Waals surface area contributed by atoms with Gasteiger partial charge in [0.2, 0.25) is 0 Å². The van der Waals surface area contributed by atoms with Gasteiger partial charge in [-0.3, -0.25) is 0 Å². The highest BCUT2D eigenvalue weighted by Crippen LogP contribution is 2.46. The van der Waals surface area contributed by atoms with Gasteiger partial charge >= 0.3 is 5.63 Å². The molecular weight excluding hydrogens is 368 g/mol. The van der Waals surface area contributed by atoms with Gasteiger partial charge in [-0.25, -0.2) is 4.79 Å². The van der Waals surface area contributed by atoms with Crippen molar-refractivity contribution in [3.05, 3.63) is 52.4 Å². The van der Waals surface area contributed by atoms with Gasteiger partial charge in [-0.15, -0.1) is 11.8 Å². The molecule has 2 aromatic rings. The van der Waals surface area contributed by atoms with Crippen molar-refractivity contribution in [2.24, 2.45) is 5.92 Å². The second kappa shape index (κ2) is 9.21. The summed E-state index contributed by atoms with van der Waals surface area (Å²) >= 11 is 1.92. The first-order valence-electron chi connectivity index (χ1n) is 10.8. The van der Waals surface area contributed by atoms with Crippen LogP contribution in [0.25, 0.3) is 11.3 Å². The first-order valence-corrected chi connectivity index (χ1v) is 11.7. The summed E-state index contributed by atoms with van der Waals surface area (Å²) in [5.41, 5.74) is 0.932. The monoisotopic (exact) mass is 398 g/mol. The molecule has 1 N–H and O–H groups in total. The average Bonchev–Trinajstić information content (AvgIpc) is 3.22. The predicted octanol–water partition coefficient (Wildman–Crippen LogP) is 6.70. The predicted molar refractivity (Wildman–Crippen MR) is 116 cm³/mol. The molecule has 2 fully saturated rings. The Morgan fingerprint density at radius 3 is 2.36 bits per heavy atom. The molecule has 1 heterocycles. The zero-order valence-electron chi connectivity index (χ0n) is 16.4. The third-order valence-corrected chi connectivity index (χ3v) is 7.89.